The van der Waals surface area contributed by atoms with E-state index in [2.05, 4.69) is 30.4 Å². The van der Waals surface area contributed by atoms with Gasteiger partial charge in [-0.1, -0.05) is 23.8 Å². The Balaban J connectivity index is 2.10. The maximum absolute atomic E-state index is 3.71. The summed E-state index contributed by atoms with van der Waals surface area (Å²) >= 11 is 0. The van der Waals surface area contributed by atoms with Crippen LogP contribution >= 0.6 is 0 Å². The van der Waals surface area contributed by atoms with Crippen LogP contribution in [-0.2, 0) is 12.0 Å². The normalized spacial score (nSPS) is 22.9. The molecule has 0 radical (unpaired) electrons. The Bertz CT molecular complexity index is 363. The van der Waals surface area contributed by atoms with Gasteiger partial charge >= 0.3 is 0 Å². The van der Waals surface area contributed by atoms with Crippen LogP contribution in [0.1, 0.15) is 36.0 Å². The molecule has 3 rings (SSSR count). The molecule has 1 N–H and O–H groups in total. The SMILES string of the molecule is Cc1ccc2c(c1)CCNC21CCC1. The largest absolute Gasteiger partial charge is 0.307 e. The lowest BCUT2D eigenvalue weighted by atomic mass is 9.68. The van der Waals surface area contributed by atoms with Crippen molar-refractivity contribution < 1.29 is 0 Å². The summed E-state index contributed by atoms with van der Waals surface area (Å²) in [7, 11) is 0. The molecular weight excluding hydrogens is 170 g/mol. The number of hydrogen-bond acceptors (Lipinski definition) is 1. The van der Waals surface area contributed by atoms with Gasteiger partial charge in [-0.3, -0.25) is 0 Å². The van der Waals surface area contributed by atoms with Gasteiger partial charge in [0.05, 0.1) is 0 Å². The number of fused-ring (bicyclic) bond motifs is 2. The fourth-order valence-corrected chi connectivity index (χ4v) is 2.90. The Morgan fingerprint density at radius 3 is 2.86 bits per heavy atom. The van der Waals surface area contributed by atoms with Gasteiger partial charge in [-0.05, 0) is 43.7 Å². The Morgan fingerprint density at radius 1 is 1.29 bits per heavy atom. The maximum atomic E-state index is 3.71. The second kappa shape index (κ2) is 2.83. The molecule has 1 heteroatoms. The first-order valence-electron chi connectivity index (χ1n) is 5.65. The topological polar surface area (TPSA) is 12.0 Å². The zero-order valence-corrected chi connectivity index (χ0v) is 8.77. The first kappa shape index (κ1) is 8.49. The van der Waals surface area contributed by atoms with E-state index in [0.717, 1.165) is 6.54 Å². The molecule has 0 unspecified atom stereocenters. The molecule has 0 atom stereocenters. The second-order valence-electron chi connectivity index (χ2n) is 4.77. The van der Waals surface area contributed by atoms with Crippen LogP contribution in [0, 0.1) is 6.92 Å². The third-order valence-corrected chi connectivity index (χ3v) is 3.84. The van der Waals surface area contributed by atoms with Gasteiger partial charge in [0.15, 0.2) is 0 Å². The summed E-state index contributed by atoms with van der Waals surface area (Å²) in [5, 5.41) is 3.71. The van der Waals surface area contributed by atoms with Crippen molar-refractivity contribution in [2.75, 3.05) is 6.54 Å². The average Bonchev–Trinajstić information content (AvgIpc) is 2.13. The second-order valence-corrected chi connectivity index (χ2v) is 4.77. The van der Waals surface area contributed by atoms with Gasteiger partial charge in [0.1, 0.15) is 0 Å². The minimum Gasteiger partial charge on any atom is -0.307 e. The molecule has 74 valence electrons. The van der Waals surface area contributed by atoms with E-state index in [0.29, 0.717) is 5.54 Å². The highest BCUT2D eigenvalue weighted by Crippen LogP contribution is 2.44. The van der Waals surface area contributed by atoms with E-state index in [-0.39, 0.29) is 0 Å². The summed E-state index contributed by atoms with van der Waals surface area (Å²) in [6.07, 6.45) is 5.27. The van der Waals surface area contributed by atoms with Crippen LogP contribution in [0.2, 0.25) is 0 Å². The lowest BCUT2D eigenvalue weighted by molar-refractivity contribution is 0.176. The molecule has 0 amide bonds. The van der Waals surface area contributed by atoms with Crippen LogP contribution in [0.3, 0.4) is 0 Å². The lowest BCUT2D eigenvalue weighted by Gasteiger charge is -2.47. The molecule has 1 heterocycles. The smallest absolute Gasteiger partial charge is 0.0437 e. The van der Waals surface area contributed by atoms with Crippen LogP contribution < -0.4 is 5.32 Å². The quantitative estimate of drug-likeness (QED) is 0.658. The van der Waals surface area contributed by atoms with Gasteiger partial charge in [0.2, 0.25) is 0 Å². The molecule has 1 saturated carbocycles. The fraction of sp³-hybridized carbons (Fsp3) is 0.538. The van der Waals surface area contributed by atoms with E-state index in [9.17, 15) is 0 Å². The lowest BCUT2D eigenvalue weighted by Crippen LogP contribution is -2.51. The van der Waals surface area contributed by atoms with Gasteiger partial charge in [-0.25, -0.2) is 0 Å². The van der Waals surface area contributed by atoms with Crippen LogP contribution in [0.25, 0.3) is 0 Å². The molecule has 0 aromatic heterocycles. The maximum Gasteiger partial charge on any atom is 0.0437 e. The predicted octanol–water partition coefficient (Wildman–Crippen LogP) is 2.52. The van der Waals surface area contributed by atoms with Gasteiger partial charge in [-0.2, -0.15) is 0 Å². The molecule has 1 aliphatic carbocycles. The Hall–Kier alpha value is -0.820. The van der Waals surface area contributed by atoms with E-state index in [1.54, 1.807) is 11.1 Å². The van der Waals surface area contributed by atoms with Gasteiger partial charge < -0.3 is 5.32 Å². The van der Waals surface area contributed by atoms with Crippen molar-refractivity contribution in [1.29, 1.82) is 0 Å². The van der Waals surface area contributed by atoms with Crippen molar-refractivity contribution in [3.8, 4) is 0 Å². The Morgan fingerprint density at radius 2 is 2.14 bits per heavy atom. The minimum atomic E-state index is 0.376. The molecule has 2 aliphatic rings. The molecule has 1 nitrogen and oxygen atoms in total. The molecule has 1 fully saturated rings. The van der Waals surface area contributed by atoms with Gasteiger partial charge in [0, 0.05) is 12.1 Å². The van der Waals surface area contributed by atoms with Crippen molar-refractivity contribution >= 4 is 0 Å². The minimum absolute atomic E-state index is 0.376. The average molecular weight is 187 g/mol. The van der Waals surface area contributed by atoms with E-state index in [1.807, 2.05) is 0 Å². The third-order valence-electron chi connectivity index (χ3n) is 3.84. The predicted molar refractivity (Wildman–Crippen MR) is 58.4 cm³/mol. The van der Waals surface area contributed by atoms with Crippen molar-refractivity contribution in [2.24, 2.45) is 0 Å². The highest BCUT2D eigenvalue weighted by Gasteiger charge is 2.41. The zero-order valence-electron chi connectivity index (χ0n) is 8.77. The zero-order chi connectivity index (χ0) is 9.60. The summed E-state index contributed by atoms with van der Waals surface area (Å²) < 4.78 is 0. The number of benzene rings is 1. The van der Waals surface area contributed by atoms with E-state index < -0.39 is 0 Å². The van der Waals surface area contributed by atoms with Crippen molar-refractivity contribution in [3.63, 3.8) is 0 Å². The standard InChI is InChI=1S/C13H17N/c1-10-3-4-12-11(9-10)5-8-14-13(12)6-2-7-13/h3-4,9,14H,2,5-8H2,1H3. The summed E-state index contributed by atoms with van der Waals surface area (Å²) in [5.74, 6) is 0. The van der Waals surface area contributed by atoms with E-state index in [1.165, 1.54) is 31.2 Å². The van der Waals surface area contributed by atoms with E-state index in [4.69, 9.17) is 0 Å². The molecule has 14 heavy (non-hydrogen) atoms. The summed E-state index contributed by atoms with van der Waals surface area (Å²) in [6, 6.07) is 6.97. The van der Waals surface area contributed by atoms with Crippen LogP contribution in [0.5, 0.6) is 0 Å². The van der Waals surface area contributed by atoms with Crippen LogP contribution in [0.15, 0.2) is 18.2 Å². The number of nitrogens with one attached hydrogen (secondary N) is 1. The van der Waals surface area contributed by atoms with Crippen molar-refractivity contribution in [1.82, 2.24) is 5.32 Å². The molecule has 1 spiro atoms. The van der Waals surface area contributed by atoms with Gasteiger partial charge in [0.25, 0.3) is 0 Å². The highest BCUT2D eigenvalue weighted by atomic mass is 15.0. The monoisotopic (exact) mass is 187 g/mol. The third kappa shape index (κ3) is 1.05. The number of rotatable bonds is 0. The molecule has 0 bridgehead atoms. The van der Waals surface area contributed by atoms with Crippen LogP contribution in [-0.4, -0.2) is 6.54 Å². The first-order valence-corrected chi connectivity index (χ1v) is 5.65. The molecular formula is C13H17N. The Kier molecular flexibility index (Phi) is 1.72. The summed E-state index contributed by atoms with van der Waals surface area (Å²) in [6.45, 7) is 3.35. The first-order chi connectivity index (χ1) is 6.80. The summed E-state index contributed by atoms with van der Waals surface area (Å²) in [5.41, 5.74) is 4.95. The highest BCUT2D eigenvalue weighted by molar-refractivity contribution is 5.40. The van der Waals surface area contributed by atoms with Gasteiger partial charge in [-0.15, -0.1) is 0 Å². The molecule has 1 aliphatic heterocycles. The molecule has 1 aromatic carbocycles. The summed E-state index contributed by atoms with van der Waals surface area (Å²) in [4.78, 5) is 0. The molecule has 1 aromatic rings. The van der Waals surface area contributed by atoms with Crippen molar-refractivity contribution in [3.05, 3.63) is 34.9 Å². The number of aryl methyl sites for hydroxylation is 1. The fourth-order valence-electron chi connectivity index (χ4n) is 2.90. The van der Waals surface area contributed by atoms with E-state index >= 15 is 0 Å². The van der Waals surface area contributed by atoms with Crippen molar-refractivity contribution in [2.45, 2.75) is 38.1 Å². The molecule has 0 saturated heterocycles. The number of hydrogen-bond donors (Lipinski definition) is 1. The Labute approximate surface area is 85.5 Å². The van der Waals surface area contributed by atoms with Crippen LogP contribution in [0.4, 0.5) is 0 Å².